The summed E-state index contributed by atoms with van der Waals surface area (Å²) < 4.78 is 0. The number of rotatable bonds is 0. The SMILES string of the molecule is O/N=C1/CCC[N]1. The van der Waals surface area contributed by atoms with Crippen molar-refractivity contribution < 1.29 is 5.21 Å². The van der Waals surface area contributed by atoms with E-state index in [9.17, 15) is 0 Å². The third-order valence-corrected chi connectivity index (χ3v) is 0.968. The highest BCUT2D eigenvalue weighted by atomic mass is 16.4. The average molecular weight is 99.1 g/mol. The summed E-state index contributed by atoms with van der Waals surface area (Å²) in [6, 6.07) is 0. The summed E-state index contributed by atoms with van der Waals surface area (Å²) >= 11 is 0. The first-order valence-electron chi connectivity index (χ1n) is 2.32. The molecule has 0 aromatic rings. The van der Waals surface area contributed by atoms with Gasteiger partial charge in [0, 0.05) is 13.0 Å². The van der Waals surface area contributed by atoms with Crippen LogP contribution < -0.4 is 5.32 Å². The topological polar surface area (TPSA) is 46.7 Å². The van der Waals surface area contributed by atoms with Gasteiger partial charge in [0.25, 0.3) is 0 Å². The highest BCUT2D eigenvalue weighted by molar-refractivity contribution is 5.82. The van der Waals surface area contributed by atoms with Crippen molar-refractivity contribution in [2.75, 3.05) is 6.54 Å². The van der Waals surface area contributed by atoms with Gasteiger partial charge < -0.3 is 5.21 Å². The lowest BCUT2D eigenvalue weighted by atomic mass is 10.4. The van der Waals surface area contributed by atoms with Crippen LogP contribution in [0.15, 0.2) is 5.16 Å². The molecule has 1 radical (unpaired) electrons. The maximum absolute atomic E-state index is 8.06. The molecule has 1 aliphatic rings. The van der Waals surface area contributed by atoms with Gasteiger partial charge >= 0.3 is 0 Å². The van der Waals surface area contributed by atoms with Gasteiger partial charge in [-0.25, -0.2) is 0 Å². The Labute approximate surface area is 42.0 Å². The van der Waals surface area contributed by atoms with Gasteiger partial charge in [-0.3, -0.25) is 5.32 Å². The van der Waals surface area contributed by atoms with E-state index in [-0.39, 0.29) is 0 Å². The van der Waals surface area contributed by atoms with Crippen LogP contribution in [-0.2, 0) is 0 Å². The highest BCUT2D eigenvalue weighted by Gasteiger charge is 2.07. The number of hydrogen-bond acceptors (Lipinski definition) is 2. The maximum atomic E-state index is 8.06. The van der Waals surface area contributed by atoms with Crippen LogP contribution in [0.4, 0.5) is 0 Å². The zero-order valence-electron chi connectivity index (χ0n) is 3.96. The van der Waals surface area contributed by atoms with Crippen LogP contribution in [0.3, 0.4) is 0 Å². The minimum atomic E-state index is 0.597. The molecular weight excluding hydrogens is 92.1 g/mol. The molecule has 0 saturated carbocycles. The molecule has 0 spiro atoms. The fourth-order valence-corrected chi connectivity index (χ4v) is 0.606. The zero-order valence-corrected chi connectivity index (χ0v) is 3.96. The molecule has 0 aromatic carbocycles. The van der Waals surface area contributed by atoms with Crippen molar-refractivity contribution in [3.8, 4) is 0 Å². The van der Waals surface area contributed by atoms with Gasteiger partial charge in [-0.05, 0) is 6.42 Å². The normalized spacial score (nSPS) is 25.4. The molecule has 7 heavy (non-hydrogen) atoms. The second-order valence-electron chi connectivity index (χ2n) is 1.50. The summed E-state index contributed by atoms with van der Waals surface area (Å²) in [6.07, 6.45) is 1.88. The van der Waals surface area contributed by atoms with Crippen molar-refractivity contribution in [2.45, 2.75) is 12.8 Å². The molecular formula is C4H7N2O. The van der Waals surface area contributed by atoms with E-state index < -0.39 is 0 Å². The smallest absolute Gasteiger partial charge is 0.162 e. The van der Waals surface area contributed by atoms with Gasteiger partial charge in [0.2, 0.25) is 0 Å². The van der Waals surface area contributed by atoms with Crippen LogP contribution in [-0.4, -0.2) is 17.6 Å². The van der Waals surface area contributed by atoms with Crippen molar-refractivity contribution in [1.82, 2.24) is 5.32 Å². The van der Waals surface area contributed by atoms with Gasteiger partial charge in [-0.15, -0.1) is 0 Å². The molecule has 1 saturated heterocycles. The Bertz CT molecular complexity index is 81.7. The molecule has 0 unspecified atom stereocenters. The van der Waals surface area contributed by atoms with Gasteiger partial charge in [-0.2, -0.15) is 0 Å². The number of oxime groups is 1. The number of hydrogen-bond donors (Lipinski definition) is 1. The summed E-state index contributed by atoms with van der Waals surface area (Å²) in [5, 5.41) is 14.9. The van der Waals surface area contributed by atoms with Crippen molar-refractivity contribution in [3.05, 3.63) is 0 Å². The number of amidine groups is 1. The molecule has 1 rings (SSSR count). The van der Waals surface area contributed by atoms with Crippen molar-refractivity contribution in [3.63, 3.8) is 0 Å². The van der Waals surface area contributed by atoms with Crippen LogP contribution in [0.1, 0.15) is 12.8 Å². The third kappa shape index (κ3) is 0.824. The standard InChI is InChI=1S/C4H7N2O/c7-6-4-2-1-3-5-4/h7H,1-3H2/b6-4-. The lowest BCUT2D eigenvalue weighted by Crippen LogP contribution is -2.04. The van der Waals surface area contributed by atoms with Gasteiger partial charge in [0.1, 0.15) is 0 Å². The molecule has 1 heterocycles. The van der Waals surface area contributed by atoms with Crippen LogP contribution in [0.2, 0.25) is 0 Å². The summed E-state index contributed by atoms with van der Waals surface area (Å²) in [5.41, 5.74) is 0. The molecule has 0 aliphatic carbocycles. The van der Waals surface area contributed by atoms with Crippen molar-refractivity contribution in [2.24, 2.45) is 5.16 Å². The second kappa shape index (κ2) is 1.82. The Morgan fingerprint density at radius 3 is 2.86 bits per heavy atom. The zero-order chi connectivity index (χ0) is 5.11. The Kier molecular flexibility index (Phi) is 1.15. The summed E-state index contributed by atoms with van der Waals surface area (Å²) in [5.74, 6) is 0.597. The van der Waals surface area contributed by atoms with Crippen LogP contribution >= 0.6 is 0 Å². The van der Waals surface area contributed by atoms with Crippen molar-refractivity contribution in [1.29, 1.82) is 0 Å². The Hall–Kier alpha value is -0.730. The predicted octanol–water partition coefficient (Wildman–Crippen LogP) is 0.172. The lowest BCUT2D eigenvalue weighted by Gasteiger charge is -1.83. The van der Waals surface area contributed by atoms with E-state index in [1.54, 1.807) is 0 Å². The van der Waals surface area contributed by atoms with Gasteiger partial charge in [0.05, 0.1) is 0 Å². The Morgan fingerprint density at radius 1 is 1.71 bits per heavy atom. The van der Waals surface area contributed by atoms with E-state index in [4.69, 9.17) is 5.21 Å². The molecule has 0 atom stereocenters. The molecule has 0 bridgehead atoms. The van der Waals surface area contributed by atoms with Gasteiger partial charge in [-0.1, -0.05) is 5.16 Å². The van der Waals surface area contributed by atoms with Gasteiger partial charge in [0.15, 0.2) is 5.84 Å². The summed E-state index contributed by atoms with van der Waals surface area (Å²) in [7, 11) is 0. The molecule has 1 fully saturated rings. The van der Waals surface area contributed by atoms with E-state index in [1.807, 2.05) is 0 Å². The fraction of sp³-hybridized carbons (Fsp3) is 0.750. The first-order chi connectivity index (χ1) is 3.43. The maximum Gasteiger partial charge on any atom is 0.162 e. The monoisotopic (exact) mass is 99.1 g/mol. The molecule has 1 N–H and O–H groups in total. The first-order valence-corrected chi connectivity index (χ1v) is 2.32. The first kappa shape index (κ1) is 4.43. The predicted molar refractivity (Wildman–Crippen MR) is 25.5 cm³/mol. The highest BCUT2D eigenvalue weighted by Crippen LogP contribution is 1.98. The fourth-order valence-electron chi connectivity index (χ4n) is 0.606. The second-order valence-corrected chi connectivity index (χ2v) is 1.50. The van der Waals surface area contributed by atoms with E-state index >= 15 is 0 Å². The Balaban J connectivity index is 2.41. The molecule has 3 nitrogen and oxygen atoms in total. The Morgan fingerprint density at radius 2 is 2.57 bits per heavy atom. The quantitative estimate of drug-likeness (QED) is 0.341. The van der Waals surface area contributed by atoms with Crippen LogP contribution in [0, 0.1) is 0 Å². The third-order valence-electron chi connectivity index (χ3n) is 0.968. The minimum absolute atomic E-state index is 0.597. The van der Waals surface area contributed by atoms with Crippen molar-refractivity contribution >= 4 is 5.84 Å². The minimum Gasteiger partial charge on any atom is -0.409 e. The largest absolute Gasteiger partial charge is 0.409 e. The molecule has 0 amide bonds. The average Bonchev–Trinajstić information content (AvgIpc) is 2.14. The molecule has 0 aromatic heterocycles. The van der Waals surface area contributed by atoms with E-state index in [2.05, 4.69) is 10.5 Å². The summed E-state index contributed by atoms with van der Waals surface area (Å²) in [4.78, 5) is 0. The van der Waals surface area contributed by atoms with Crippen LogP contribution in [0.25, 0.3) is 0 Å². The van der Waals surface area contributed by atoms with Crippen LogP contribution in [0.5, 0.6) is 0 Å². The van der Waals surface area contributed by atoms with E-state index in [0.717, 1.165) is 19.4 Å². The molecule has 39 valence electrons. The summed E-state index contributed by atoms with van der Waals surface area (Å²) in [6.45, 7) is 0.833. The van der Waals surface area contributed by atoms with E-state index in [1.165, 1.54) is 0 Å². The number of nitrogens with zero attached hydrogens (tertiary/aromatic N) is 2. The molecule has 1 aliphatic heterocycles. The molecule has 3 heteroatoms. The lowest BCUT2D eigenvalue weighted by molar-refractivity contribution is 0.316. The van der Waals surface area contributed by atoms with E-state index in [0.29, 0.717) is 5.84 Å².